The molecule has 1 heterocycles. The zero-order valence-electron chi connectivity index (χ0n) is 15.3. The highest BCUT2D eigenvalue weighted by atomic mass is 16.5. The fourth-order valence-electron chi connectivity index (χ4n) is 2.92. The van der Waals surface area contributed by atoms with Gasteiger partial charge in [0.1, 0.15) is 5.82 Å². The van der Waals surface area contributed by atoms with Gasteiger partial charge in [0, 0.05) is 33.3 Å². The summed E-state index contributed by atoms with van der Waals surface area (Å²) in [7, 11) is 1.80. The van der Waals surface area contributed by atoms with Crippen LogP contribution in [0, 0.1) is 12.8 Å². The number of aromatic nitrogens is 2. The largest absolute Gasteiger partial charge is 0.379 e. The van der Waals surface area contributed by atoms with Crippen LogP contribution in [0.25, 0.3) is 11.0 Å². The molecule has 1 aromatic carbocycles. The van der Waals surface area contributed by atoms with E-state index in [9.17, 15) is 0 Å². The summed E-state index contributed by atoms with van der Waals surface area (Å²) in [6.45, 7) is 6.31. The molecule has 1 fully saturated rings. The van der Waals surface area contributed by atoms with Crippen molar-refractivity contribution in [2.75, 3.05) is 33.4 Å². The lowest BCUT2D eigenvalue weighted by molar-refractivity contribution is 0.129. The normalized spacial score (nSPS) is 14.9. The maximum Gasteiger partial charge on any atom is 0.191 e. The van der Waals surface area contributed by atoms with Gasteiger partial charge in [-0.05, 0) is 44.2 Å². The summed E-state index contributed by atoms with van der Waals surface area (Å²) >= 11 is 0. The number of nitrogens with one attached hydrogen (secondary N) is 2. The van der Waals surface area contributed by atoms with Gasteiger partial charge in [0.15, 0.2) is 5.96 Å². The van der Waals surface area contributed by atoms with Crippen LogP contribution in [0.3, 0.4) is 0 Å². The van der Waals surface area contributed by atoms with Crippen molar-refractivity contribution in [2.45, 2.75) is 32.7 Å². The van der Waals surface area contributed by atoms with Gasteiger partial charge in [-0.1, -0.05) is 12.1 Å². The van der Waals surface area contributed by atoms with Crippen molar-refractivity contribution in [3.63, 3.8) is 0 Å². The fraction of sp³-hybridized carbons (Fsp3) is 0.579. The summed E-state index contributed by atoms with van der Waals surface area (Å²) in [5, 5.41) is 6.65. The highest BCUT2D eigenvalue weighted by Crippen LogP contribution is 2.28. The SMILES string of the molecule is CN=C(NCCCn1c(C)nc2ccccc21)NCCOCC1CC1. The Morgan fingerprint density at radius 1 is 1.28 bits per heavy atom. The van der Waals surface area contributed by atoms with E-state index in [4.69, 9.17) is 4.74 Å². The summed E-state index contributed by atoms with van der Waals surface area (Å²) in [5.74, 6) is 2.72. The molecule has 0 atom stereocenters. The van der Waals surface area contributed by atoms with Crippen molar-refractivity contribution < 1.29 is 4.74 Å². The lowest BCUT2D eigenvalue weighted by Gasteiger charge is -2.13. The van der Waals surface area contributed by atoms with Crippen molar-refractivity contribution in [1.82, 2.24) is 20.2 Å². The van der Waals surface area contributed by atoms with Gasteiger partial charge < -0.3 is 19.9 Å². The van der Waals surface area contributed by atoms with Crippen LogP contribution in [0.1, 0.15) is 25.1 Å². The number of hydrogen-bond acceptors (Lipinski definition) is 3. The van der Waals surface area contributed by atoms with Gasteiger partial charge in [0.2, 0.25) is 0 Å². The summed E-state index contributed by atoms with van der Waals surface area (Å²) < 4.78 is 7.90. The van der Waals surface area contributed by atoms with E-state index in [2.05, 4.69) is 50.3 Å². The predicted molar refractivity (Wildman–Crippen MR) is 102 cm³/mol. The number of hydrogen-bond donors (Lipinski definition) is 2. The van der Waals surface area contributed by atoms with Crippen LogP contribution in [-0.2, 0) is 11.3 Å². The van der Waals surface area contributed by atoms with Gasteiger partial charge in [-0.3, -0.25) is 4.99 Å². The number of benzene rings is 1. The number of imidazole rings is 1. The smallest absolute Gasteiger partial charge is 0.191 e. The Kier molecular flexibility index (Phi) is 6.28. The van der Waals surface area contributed by atoms with Crippen LogP contribution < -0.4 is 10.6 Å². The van der Waals surface area contributed by atoms with Gasteiger partial charge in [-0.15, -0.1) is 0 Å². The number of aliphatic imine (C=N–C) groups is 1. The second-order valence-corrected chi connectivity index (χ2v) is 6.60. The van der Waals surface area contributed by atoms with Crippen LogP contribution in [0.2, 0.25) is 0 Å². The van der Waals surface area contributed by atoms with E-state index < -0.39 is 0 Å². The van der Waals surface area contributed by atoms with E-state index >= 15 is 0 Å². The second kappa shape index (κ2) is 8.85. The first kappa shape index (κ1) is 17.7. The van der Waals surface area contributed by atoms with Crippen molar-refractivity contribution >= 4 is 17.0 Å². The number of nitrogens with zero attached hydrogens (tertiary/aromatic N) is 3. The third-order valence-corrected chi connectivity index (χ3v) is 4.51. The van der Waals surface area contributed by atoms with E-state index in [0.717, 1.165) is 62.5 Å². The minimum Gasteiger partial charge on any atom is -0.379 e. The van der Waals surface area contributed by atoms with E-state index in [1.807, 2.05) is 6.07 Å². The third kappa shape index (κ3) is 5.19. The van der Waals surface area contributed by atoms with Crippen LogP contribution >= 0.6 is 0 Å². The average Bonchev–Trinajstić information content (AvgIpc) is 3.39. The van der Waals surface area contributed by atoms with E-state index in [1.54, 1.807) is 7.05 Å². The number of ether oxygens (including phenoxy) is 1. The second-order valence-electron chi connectivity index (χ2n) is 6.60. The molecule has 1 aromatic heterocycles. The molecule has 0 aliphatic heterocycles. The monoisotopic (exact) mass is 343 g/mol. The number of aryl methyl sites for hydroxylation is 2. The first-order chi connectivity index (χ1) is 12.3. The van der Waals surface area contributed by atoms with Crippen LogP contribution in [0.5, 0.6) is 0 Å². The van der Waals surface area contributed by atoms with Gasteiger partial charge in [-0.25, -0.2) is 4.98 Å². The van der Waals surface area contributed by atoms with Crippen molar-refractivity contribution in [1.29, 1.82) is 0 Å². The Balaban J connectivity index is 1.35. The molecule has 0 unspecified atom stereocenters. The highest BCUT2D eigenvalue weighted by Gasteiger charge is 2.20. The number of fused-ring (bicyclic) bond motifs is 1. The van der Waals surface area contributed by atoms with Gasteiger partial charge in [0.25, 0.3) is 0 Å². The van der Waals surface area contributed by atoms with Crippen LogP contribution in [-0.4, -0.2) is 48.9 Å². The van der Waals surface area contributed by atoms with E-state index in [1.165, 1.54) is 18.4 Å². The summed E-state index contributed by atoms with van der Waals surface area (Å²) in [4.78, 5) is 8.87. The quantitative estimate of drug-likeness (QED) is 0.417. The minimum absolute atomic E-state index is 0.734. The number of rotatable bonds is 9. The van der Waals surface area contributed by atoms with Crippen molar-refractivity contribution in [3.05, 3.63) is 30.1 Å². The standard InChI is InChI=1S/C19H29N5O/c1-15-23-17-6-3-4-7-18(17)24(15)12-5-10-21-19(20-2)22-11-13-25-14-16-8-9-16/h3-4,6-7,16H,5,8-14H2,1-2H3,(H2,20,21,22). The molecule has 1 aliphatic carbocycles. The zero-order chi connectivity index (χ0) is 17.5. The molecule has 0 radical (unpaired) electrons. The maximum absolute atomic E-state index is 5.63. The summed E-state index contributed by atoms with van der Waals surface area (Å²) in [5.41, 5.74) is 2.27. The number of guanidine groups is 1. The molecule has 0 spiro atoms. The molecule has 0 amide bonds. The Hall–Kier alpha value is -2.08. The third-order valence-electron chi connectivity index (χ3n) is 4.51. The van der Waals surface area contributed by atoms with E-state index in [0.29, 0.717) is 0 Å². The Morgan fingerprint density at radius 3 is 2.88 bits per heavy atom. The molecule has 1 saturated carbocycles. The van der Waals surface area contributed by atoms with Gasteiger partial charge >= 0.3 is 0 Å². The Bertz CT molecular complexity index is 705. The molecule has 2 aromatic rings. The molecular weight excluding hydrogens is 314 g/mol. The zero-order valence-corrected chi connectivity index (χ0v) is 15.3. The molecular formula is C19H29N5O. The molecule has 3 rings (SSSR count). The van der Waals surface area contributed by atoms with Crippen molar-refractivity contribution in [2.24, 2.45) is 10.9 Å². The lowest BCUT2D eigenvalue weighted by Crippen LogP contribution is -2.39. The first-order valence-electron chi connectivity index (χ1n) is 9.22. The maximum atomic E-state index is 5.63. The molecule has 6 nitrogen and oxygen atoms in total. The average molecular weight is 343 g/mol. The highest BCUT2D eigenvalue weighted by molar-refractivity contribution is 5.79. The molecule has 6 heteroatoms. The lowest BCUT2D eigenvalue weighted by atomic mass is 10.3. The Labute approximate surface area is 149 Å². The predicted octanol–water partition coefficient (Wildman–Crippen LogP) is 2.33. The first-order valence-corrected chi connectivity index (χ1v) is 9.22. The fourth-order valence-corrected chi connectivity index (χ4v) is 2.92. The molecule has 136 valence electrons. The van der Waals surface area contributed by atoms with Gasteiger partial charge in [-0.2, -0.15) is 0 Å². The minimum atomic E-state index is 0.734. The molecule has 25 heavy (non-hydrogen) atoms. The molecule has 2 N–H and O–H groups in total. The molecule has 0 bridgehead atoms. The Morgan fingerprint density at radius 2 is 2.08 bits per heavy atom. The summed E-state index contributed by atoms with van der Waals surface area (Å²) in [6.07, 6.45) is 3.69. The van der Waals surface area contributed by atoms with Gasteiger partial charge in [0.05, 0.1) is 17.6 Å². The van der Waals surface area contributed by atoms with Crippen LogP contribution in [0.15, 0.2) is 29.3 Å². The van der Waals surface area contributed by atoms with E-state index in [-0.39, 0.29) is 0 Å². The molecule has 1 aliphatic rings. The van der Waals surface area contributed by atoms with Crippen molar-refractivity contribution in [3.8, 4) is 0 Å². The van der Waals surface area contributed by atoms with Crippen LogP contribution in [0.4, 0.5) is 0 Å². The number of para-hydroxylation sites is 2. The molecule has 0 saturated heterocycles. The summed E-state index contributed by atoms with van der Waals surface area (Å²) in [6, 6.07) is 8.29. The topological polar surface area (TPSA) is 63.5 Å².